The van der Waals surface area contributed by atoms with E-state index in [0.29, 0.717) is 34.4 Å². The lowest BCUT2D eigenvalue weighted by Gasteiger charge is -2.36. The molecule has 1 amide bonds. The molecule has 1 saturated heterocycles. The van der Waals surface area contributed by atoms with Gasteiger partial charge in [0.2, 0.25) is 0 Å². The summed E-state index contributed by atoms with van der Waals surface area (Å²) in [5, 5.41) is 3.44. The Labute approximate surface area is 222 Å². The molecule has 1 N–H and O–H groups in total. The fourth-order valence-electron chi connectivity index (χ4n) is 4.98. The number of hydrogen-bond donors (Lipinski definition) is 1. The van der Waals surface area contributed by atoms with Gasteiger partial charge in [-0.25, -0.2) is 0 Å². The van der Waals surface area contributed by atoms with Gasteiger partial charge in [0.15, 0.2) is 11.0 Å². The third kappa shape index (κ3) is 5.43. The van der Waals surface area contributed by atoms with Crippen molar-refractivity contribution in [1.29, 1.82) is 0 Å². The molecule has 196 valence electrons. The number of nitrogens with zero attached hydrogens (tertiary/aromatic N) is 2. The summed E-state index contributed by atoms with van der Waals surface area (Å²) in [5.74, 6) is 1.13. The first-order valence-corrected chi connectivity index (χ1v) is 13.1. The fraction of sp³-hybridized carbons (Fsp3) is 0.290. The van der Waals surface area contributed by atoms with Gasteiger partial charge in [-0.2, -0.15) is 0 Å². The van der Waals surface area contributed by atoms with Crippen molar-refractivity contribution in [3.8, 4) is 17.1 Å². The van der Waals surface area contributed by atoms with Crippen molar-refractivity contribution < 1.29 is 13.9 Å². The summed E-state index contributed by atoms with van der Waals surface area (Å²) in [5.41, 5.74) is 3.15. The zero-order chi connectivity index (χ0) is 26.5. The largest absolute Gasteiger partial charge is 0.497 e. The molecule has 1 aliphatic rings. The van der Waals surface area contributed by atoms with Crippen LogP contribution in [0.5, 0.6) is 5.75 Å². The standard InChI is InChI=1S/C31H33N3O4/c1-22-28(35)26-10-6-11-27(30(26)38-29(22)23-8-4-3-5-9-23)31(36)32-16-7-17-33-18-20-34(21-19-33)24-12-14-25(37-2)15-13-24/h3-6,8-15H,7,16-21H2,1-2H3,(H,32,36). The maximum Gasteiger partial charge on any atom is 0.255 e. The van der Waals surface area contributed by atoms with Crippen LogP contribution < -0.4 is 20.4 Å². The number of para-hydroxylation sites is 1. The Morgan fingerprint density at radius 2 is 1.68 bits per heavy atom. The van der Waals surface area contributed by atoms with Gasteiger partial charge in [0.05, 0.1) is 18.1 Å². The number of carbonyl (C=O) groups excluding carboxylic acids is 1. The van der Waals surface area contributed by atoms with E-state index in [1.165, 1.54) is 5.69 Å². The maximum atomic E-state index is 13.1. The van der Waals surface area contributed by atoms with Crippen molar-refractivity contribution in [2.75, 3.05) is 51.3 Å². The molecular formula is C31H33N3O4. The van der Waals surface area contributed by atoms with E-state index in [1.807, 2.05) is 42.5 Å². The molecular weight excluding hydrogens is 478 g/mol. The maximum absolute atomic E-state index is 13.1. The highest BCUT2D eigenvalue weighted by atomic mass is 16.5. The van der Waals surface area contributed by atoms with Gasteiger partial charge in [-0.15, -0.1) is 0 Å². The van der Waals surface area contributed by atoms with Gasteiger partial charge in [0.1, 0.15) is 11.5 Å². The van der Waals surface area contributed by atoms with Crippen molar-refractivity contribution in [2.24, 2.45) is 0 Å². The summed E-state index contributed by atoms with van der Waals surface area (Å²) in [4.78, 5) is 31.0. The minimum Gasteiger partial charge on any atom is -0.497 e. The molecule has 0 bridgehead atoms. The average Bonchev–Trinajstić information content (AvgIpc) is 2.97. The van der Waals surface area contributed by atoms with E-state index in [0.717, 1.165) is 50.5 Å². The predicted octanol–water partition coefficient (Wildman–Crippen LogP) is 4.72. The molecule has 0 spiro atoms. The molecule has 7 heteroatoms. The average molecular weight is 512 g/mol. The number of carbonyl (C=O) groups is 1. The second kappa shape index (κ2) is 11.5. The SMILES string of the molecule is COc1ccc(N2CCN(CCCNC(=O)c3cccc4c(=O)c(C)c(-c5ccccc5)oc34)CC2)cc1. The topological polar surface area (TPSA) is 75.0 Å². The first-order chi connectivity index (χ1) is 18.5. The Hall–Kier alpha value is -4.10. The molecule has 1 fully saturated rings. The Morgan fingerprint density at radius 1 is 0.947 bits per heavy atom. The minimum atomic E-state index is -0.231. The zero-order valence-electron chi connectivity index (χ0n) is 21.9. The molecule has 0 atom stereocenters. The van der Waals surface area contributed by atoms with E-state index in [-0.39, 0.29) is 11.3 Å². The molecule has 0 saturated carbocycles. The number of methoxy groups -OCH3 is 1. The minimum absolute atomic E-state index is 0.117. The van der Waals surface area contributed by atoms with Gasteiger partial charge in [-0.3, -0.25) is 14.5 Å². The highest BCUT2D eigenvalue weighted by molar-refractivity contribution is 6.05. The highest BCUT2D eigenvalue weighted by Gasteiger charge is 2.19. The summed E-state index contributed by atoms with van der Waals surface area (Å²) in [6, 6.07) is 22.9. The molecule has 2 heterocycles. The summed E-state index contributed by atoms with van der Waals surface area (Å²) < 4.78 is 11.4. The van der Waals surface area contributed by atoms with Crippen molar-refractivity contribution >= 4 is 22.6 Å². The van der Waals surface area contributed by atoms with Gasteiger partial charge < -0.3 is 19.4 Å². The van der Waals surface area contributed by atoms with Crippen LogP contribution in [0, 0.1) is 6.92 Å². The molecule has 1 aliphatic heterocycles. The molecule has 5 rings (SSSR count). The van der Waals surface area contributed by atoms with Gasteiger partial charge in [-0.1, -0.05) is 36.4 Å². The number of amides is 1. The first-order valence-electron chi connectivity index (χ1n) is 13.1. The predicted molar refractivity (Wildman–Crippen MR) is 151 cm³/mol. The Bertz CT molecular complexity index is 1460. The van der Waals surface area contributed by atoms with Crippen LogP contribution in [-0.4, -0.2) is 57.2 Å². The normalized spacial score (nSPS) is 14.0. The number of nitrogens with one attached hydrogen (secondary N) is 1. The van der Waals surface area contributed by atoms with Crippen LogP contribution >= 0.6 is 0 Å². The monoisotopic (exact) mass is 511 g/mol. The number of fused-ring (bicyclic) bond motifs is 1. The van der Waals surface area contributed by atoms with Crippen molar-refractivity contribution in [3.63, 3.8) is 0 Å². The molecule has 1 aromatic heterocycles. The van der Waals surface area contributed by atoms with E-state index in [2.05, 4.69) is 27.2 Å². The van der Waals surface area contributed by atoms with Crippen molar-refractivity contribution in [1.82, 2.24) is 10.2 Å². The number of ether oxygens (including phenoxy) is 1. The molecule has 0 aliphatic carbocycles. The lowest BCUT2D eigenvalue weighted by molar-refractivity contribution is 0.0952. The van der Waals surface area contributed by atoms with Crippen LogP contribution in [0.25, 0.3) is 22.3 Å². The number of rotatable bonds is 8. The lowest BCUT2D eigenvalue weighted by Crippen LogP contribution is -2.47. The Morgan fingerprint density at radius 3 is 2.39 bits per heavy atom. The molecule has 0 unspecified atom stereocenters. The lowest BCUT2D eigenvalue weighted by atomic mass is 10.0. The first kappa shape index (κ1) is 25.5. The Kier molecular flexibility index (Phi) is 7.75. The zero-order valence-corrected chi connectivity index (χ0v) is 21.9. The second-order valence-electron chi connectivity index (χ2n) is 9.57. The van der Waals surface area contributed by atoms with Gasteiger partial charge in [-0.05, 0) is 56.3 Å². The van der Waals surface area contributed by atoms with E-state index >= 15 is 0 Å². The summed E-state index contributed by atoms with van der Waals surface area (Å²) >= 11 is 0. The fourth-order valence-corrected chi connectivity index (χ4v) is 4.98. The summed E-state index contributed by atoms with van der Waals surface area (Å²) in [6.45, 7) is 7.13. The Balaban J connectivity index is 1.18. The number of hydrogen-bond acceptors (Lipinski definition) is 6. The summed E-state index contributed by atoms with van der Waals surface area (Å²) in [7, 11) is 1.68. The molecule has 0 radical (unpaired) electrons. The summed E-state index contributed by atoms with van der Waals surface area (Å²) in [6.07, 6.45) is 0.845. The smallest absolute Gasteiger partial charge is 0.255 e. The number of anilines is 1. The van der Waals surface area contributed by atoms with Crippen LogP contribution in [0.3, 0.4) is 0 Å². The molecule has 7 nitrogen and oxygen atoms in total. The van der Waals surface area contributed by atoms with E-state index in [4.69, 9.17) is 9.15 Å². The van der Waals surface area contributed by atoms with Crippen LogP contribution in [0.1, 0.15) is 22.3 Å². The van der Waals surface area contributed by atoms with Crippen molar-refractivity contribution in [2.45, 2.75) is 13.3 Å². The number of benzene rings is 3. The van der Waals surface area contributed by atoms with Crippen LogP contribution in [-0.2, 0) is 0 Å². The van der Waals surface area contributed by atoms with Crippen LogP contribution in [0.15, 0.2) is 82.0 Å². The molecule has 38 heavy (non-hydrogen) atoms. The van der Waals surface area contributed by atoms with E-state index < -0.39 is 0 Å². The third-order valence-corrected chi connectivity index (χ3v) is 7.17. The second-order valence-corrected chi connectivity index (χ2v) is 9.57. The molecule has 4 aromatic rings. The molecule has 3 aromatic carbocycles. The van der Waals surface area contributed by atoms with Gasteiger partial charge >= 0.3 is 0 Å². The van der Waals surface area contributed by atoms with Crippen LogP contribution in [0.4, 0.5) is 5.69 Å². The van der Waals surface area contributed by atoms with E-state index in [9.17, 15) is 9.59 Å². The third-order valence-electron chi connectivity index (χ3n) is 7.17. The van der Waals surface area contributed by atoms with Gasteiger partial charge in [0.25, 0.3) is 5.91 Å². The van der Waals surface area contributed by atoms with Gasteiger partial charge in [0, 0.05) is 49.5 Å². The highest BCUT2D eigenvalue weighted by Crippen LogP contribution is 2.27. The quantitative estimate of drug-likeness (QED) is 0.345. The van der Waals surface area contributed by atoms with Crippen molar-refractivity contribution in [3.05, 3.63) is 94.1 Å². The van der Waals surface area contributed by atoms with Crippen LogP contribution in [0.2, 0.25) is 0 Å². The van der Waals surface area contributed by atoms with E-state index in [1.54, 1.807) is 32.2 Å². The number of piperazine rings is 1.